The molecular weight excluding hydrogens is 512 g/mol. The second-order valence-electron chi connectivity index (χ2n) is 8.35. The van der Waals surface area contributed by atoms with Crippen LogP contribution in [0.15, 0.2) is 60.7 Å². The molecule has 2 N–H and O–H groups in total. The van der Waals surface area contributed by atoms with Gasteiger partial charge in [-0.3, -0.25) is 10.1 Å². The summed E-state index contributed by atoms with van der Waals surface area (Å²) < 4.78 is 69.8. The number of hydrogen-bond acceptors (Lipinski definition) is 6. The Morgan fingerprint density at radius 1 is 0.921 bits per heavy atom. The van der Waals surface area contributed by atoms with Crippen molar-refractivity contribution in [3.05, 3.63) is 89.5 Å². The number of Topliss-reactive ketones (excluding diaryl/α,β-unsaturated/α-hetero) is 1. The van der Waals surface area contributed by atoms with Crippen LogP contribution in [0.4, 0.5) is 32.8 Å². The van der Waals surface area contributed by atoms with Crippen molar-refractivity contribution in [2.24, 2.45) is 5.41 Å². The van der Waals surface area contributed by atoms with Gasteiger partial charge in [-0.05, 0) is 42.8 Å². The molecule has 0 bridgehead atoms. The predicted octanol–water partition coefficient (Wildman–Crippen LogP) is 5.23. The van der Waals surface area contributed by atoms with Gasteiger partial charge in [-0.15, -0.1) is 0 Å². The molecule has 0 spiro atoms. The first-order valence-corrected chi connectivity index (χ1v) is 11.2. The van der Waals surface area contributed by atoms with Crippen LogP contribution in [0.5, 0.6) is 11.5 Å². The van der Waals surface area contributed by atoms with E-state index in [1.165, 1.54) is 6.07 Å². The highest BCUT2D eigenvalue weighted by Gasteiger charge is 2.43. The fourth-order valence-electron chi connectivity index (χ4n) is 3.77. The fraction of sp³-hybridized carbons (Fsp3) is 0.192. The maximum absolute atomic E-state index is 13.9. The topological polar surface area (TPSA) is 103 Å². The Morgan fingerprint density at radius 2 is 1.63 bits per heavy atom. The summed E-state index contributed by atoms with van der Waals surface area (Å²) in [5, 5.41) is 4.47. The zero-order valence-corrected chi connectivity index (χ0v) is 19.6. The van der Waals surface area contributed by atoms with E-state index >= 15 is 0 Å². The SMILES string of the molecule is O=C(Nc1ccc(F)cc1F)OCC1(CNC(=O)Oc2ccc(F)cc2F)CCOc2ccccc2C1=O. The first kappa shape index (κ1) is 26.5. The minimum absolute atomic E-state index is 0.00361. The normalized spacial score (nSPS) is 16.5. The summed E-state index contributed by atoms with van der Waals surface area (Å²) >= 11 is 0. The van der Waals surface area contributed by atoms with Gasteiger partial charge in [0.2, 0.25) is 0 Å². The maximum atomic E-state index is 13.9. The molecule has 1 unspecified atom stereocenters. The zero-order valence-electron chi connectivity index (χ0n) is 19.6. The van der Waals surface area contributed by atoms with E-state index in [2.05, 4.69) is 10.6 Å². The van der Waals surface area contributed by atoms with Crippen molar-refractivity contribution in [2.75, 3.05) is 25.1 Å². The van der Waals surface area contributed by atoms with Gasteiger partial charge in [-0.2, -0.15) is 0 Å². The molecule has 0 saturated carbocycles. The van der Waals surface area contributed by atoms with Gasteiger partial charge >= 0.3 is 12.2 Å². The predicted molar refractivity (Wildman–Crippen MR) is 125 cm³/mol. The average molecular weight is 532 g/mol. The molecule has 0 saturated heterocycles. The van der Waals surface area contributed by atoms with Gasteiger partial charge in [0.25, 0.3) is 0 Å². The van der Waals surface area contributed by atoms with Crippen LogP contribution in [0.2, 0.25) is 0 Å². The molecule has 8 nitrogen and oxygen atoms in total. The maximum Gasteiger partial charge on any atom is 0.412 e. The number of para-hydroxylation sites is 1. The Hall–Kier alpha value is -4.61. The van der Waals surface area contributed by atoms with E-state index < -0.39 is 65.6 Å². The quantitative estimate of drug-likeness (QED) is 0.422. The summed E-state index contributed by atoms with van der Waals surface area (Å²) in [6.45, 7) is -1.00. The van der Waals surface area contributed by atoms with Crippen LogP contribution >= 0.6 is 0 Å². The minimum atomic E-state index is -1.56. The summed E-state index contributed by atoms with van der Waals surface area (Å²) in [4.78, 5) is 38.4. The van der Waals surface area contributed by atoms with Crippen LogP contribution in [0.1, 0.15) is 16.8 Å². The van der Waals surface area contributed by atoms with Crippen LogP contribution in [0.3, 0.4) is 0 Å². The number of nitrogens with one attached hydrogen (secondary N) is 2. The molecule has 0 aliphatic carbocycles. The molecule has 198 valence electrons. The van der Waals surface area contributed by atoms with Crippen molar-refractivity contribution in [3.63, 3.8) is 0 Å². The van der Waals surface area contributed by atoms with E-state index in [1.54, 1.807) is 18.2 Å². The third kappa shape index (κ3) is 6.02. The highest BCUT2D eigenvalue weighted by atomic mass is 19.1. The van der Waals surface area contributed by atoms with E-state index in [1.807, 2.05) is 0 Å². The van der Waals surface area contributed by atoms with Gasteiger partial charge in [0.1, 0.15) is 29.8 Å². The number of anilines is 1. The Balaban J connectivity index is 1.51. The van der Waals surface area contributed by atoms with E-state index in [0.29, 0.717) is 12.1 Å². The van der Waals surface area contributed by atoms with Crippen molar-refractivity contribution in [2.45, 2.75) is 6.42 Å². The van der Waals surface area contributed by atoms with Crippen molar-refractivity contribution in [1.29, 1.82) is 0 Å². The van der Waals surface area contributed by atoms with Crippen molar-refractivity contribution in [3.8, 4) is 11.5 Å². The van der Waals surface area contributed by atoms with Crippen LogP contribution in [-0.2, 0) is 4.74 Å². The van der Waals surface area contributed by atoms with Gasteiger partial charge in [0, 0.05) is 18.7 Å². The monoisotopic (exact) mass is 532 g/mol. The van der Waals surface area contributed by atoms with Crippen LogP contribution in [-0.4, -0.2) is 37.7 Å². The van der Waals surface area contributed by atoms with Crippen LogP contribution < -0.4 is 20.1 Å². The number of benzene rings is 3. The fourth-order valence-corrected chi connectivity index (χ4v) is 3.77. The average Bonchev–Trinajstić information content (AvgIpc) is 3.02. The number of ketones is 1. The molecule has 4 rings (SSSR count). The van der Waals surface area contributed by atoms with Crippen molar-refractivity contribution >= 4 is 23.7 Å². The lowest BCUT2D eigenvalue weighted by atomic mass is 9.78. The lowest BCUT2D eigenvalue weighted by Crippen LogP contribution is -2.47. The number of hydrogen-bond donors (Lipinski definition) is 2. The van der Waals surface area contributed by atoms with E-state index in [4.69, 9.17) is 14.2 Å². The first-order valence-electron chi connectivity index (χ1n) is 11.2. The number of fused-ring (bicyclic) bond motifs is 1. The Morgan fingerprint density at radius 3 is 2.37 bits per heavy atom. The Bertz CT molecular complexity index is 1310. The molecule has 38 heavy (non-hydrogen) atoms. The summed E-state index contributed by atoms with van der Waals surface area (Å²) in [6.07, 6.45) is -2.32. The molecule has 3 aromatic rings. The molecule has 12 heteroatoms. The van der Waals surface area contributed by atoms with Gasteiger partial charge in [0.05, 0.1) is 23.3 Å². The Kier molecular flexibility index (Phi) is 7.79. The highest BCUT2D eigenvalue weighted by Crippen LogP contribution is 2.35. The minimum Gasteiger partial charge on any atom is -0.493 e. The summed E-state index contributed by atoms with van der Waals surface area (Å²) in [6, 6.07) is 11.2. The molecule has 0 radical (unpaired) electrons. The van der Waals surface area contributed by atoms with Gasteiger partial charge in [-0.1, -0.05) is 12.1 Å². The standard InChI is InChI=1S/C26H20F4N2O6/c27-15-5-7-20(18(29)11-15)32-25(35)37-14-26(9-10-36-21-4-2-1-3-17(21)23(26)33)13-31-24(34)38-22-8-6-16(28)12-19(22)30/h1-8,11-12H,9-10,13-14H2,(H,31,34)(H,32,35). The lowest BCUT2D eigenvalue weighted by molar-refractivity contribution is 0.0541. The number of ether oxygens (including phenoxy) is 3. The number of carbonyl (C=O) groups is 3. The van der Waals surface area contributed by atoms with Crippen LogP contribution in [0.25, 0.3) is 0 Å². The molecule has 0 fully saturated rings. The molecule has 1 heterocycles. The second-order valence-corrected chi connectivity index (χ2v) is 8.35. The van der Waals surface area contributed by atoms with E-state index in [-0.39, 0.29) is 30.0 Å². The second kappa shape index (κ2) is 11.2. The van der Waals surface area contributed by atoms with Crippen LogP contribution in [0, 0.1) is 28.7 Å². The summed E-state index contributed by atoms with van der Waals surface area (Å²) in [7, 11) is 0. The number of amides is 2. The molecule has 1 aliphatic rings. The smallest absolute Gasteiger partial charge is 0.412 e. The van der Waals surface area contributed by atoms with Crippen molar-refractivity contribution < 1.29 is 46.2 Å². The van der Waals surface area contributed by atoms with Crippen molar-refractivity contribution in [1.82, 2.24) is 5.32 Å². The van der Waals surface area contributed by atoms with E-state index in [9.17, 15) is 31.9 Å². The number of carbonyl (C=O) groups excluding carboxylic acids is 3. The molecule has 0 aromatic heterocycles. The molecule has 1 aliphatic heterocycles. The molecule has 3 aromatic carbocycles. The third-order valence-electron chi connectivity index (χ3n) is 5.77. The Labute approximate surface area is 213 Å². The highest BCUT2D eigenvalue weighted by molar-refractivity contribution is 6.03. The van der Waals surface area contributed by atoms with E-state index in [0.717, 1.165) is 24.3 Å². The molecular formula is C26H20F4N2O6. The largest absolute Gasteiger partial charge is 0.493 e. The number of halogens is 4. The van der Waals surface area contributed by atoms with Gasteiger partial charge < -0.3 is 19.5 Å². The summed E-state index contributed by atoms with van der Waals surface area (Å²) in [5.74, 6) is -4.66. The zero-order chi connectivity index (χ0) is 27.3. The summed E-state index contributed by atoms with van der Waals surface area (Å²) in [5.41, 5.74) is -1.75. The number of rotatable bonds is 6. The molecule has 1 atom stereocenters. The van der Waals surface area contributed by atoms with Gasteiger partial charge in [0.15, 0.2) is 17.3 Å². The first-order chi connectivity index (χ1) is 18.2. The third-order valence-corrected chi connectivity index (χ3v) is 5.77. The van der Waals surface area contributed by atoms with Gasteiger partial charge in [-0.25, -0.2) is 27.2 Å². The lowest BCUT2D eigenvalue weighted by Gasteiger charge is -2.30. The molecule has 2 amide bonds.